The van der Waals surface area contributed by atoms with Crippen LogP contribution in [-0.4, -0.2) is 30.5 Å². The number of anilines is 1. The van der Waals surface area contributed by atoms with E-state index in [4.69, 9.17) is 23.2 Å². The van der Waals surface area contributed by atoms with Crippen LogP contribution in [0.3, 0.4) is 0 Å². The summed E-state index contributed by atoms with van der Waals surface area (Å²) in [5, 5.41) is 7.24. The first-order valence-corrected chi connectivity index (χ1v) is 6.61. The van der Waals surface area contributed by atoms with Gasteiger partial charge in [0.2, 0.25) is 5.82 Å². The predicted octanol–water partition coefficient (Wildman–Crippen LogP) is 2.39. The van der Waals surface area contributed by atoms with Crippen LogP contribution in [0.25, 0.3) is 5.78 Å². The third kappa shape index (κ3) is 2.65. The Morgan fingerprint density at radius 2 is 2.10 bits per heavy atom. The largest absolute Gasteiger partial charge is 0.304 e. The van der Waals surface area contributed by atoms with Gasteiger partial charge >= 0.3 is 0 Å². The van der Waals surface area contributed by atoms with Crippen molar-refractivity contribution in [2.75, 3.05) is 5.32 Å². The van der Waals surface area contributed by atoms with Crippen LogP contribution in [0, 0.1) is 6.92 Å². The Hall–Kier alpha value is -2.25. The maximum absolute atomic E-state index is 12.1. The third-order valence-corrected chi connectivity index (χ3v) is 3.39. The number of rotatable bonds is 2. The van der Waals surface area contributed by atoms with E-state index in [1.54, 1.807) is 12.3 Å². The van der Waals surface area contributed by atoms with Gasteiger partial charge in [-0.3, -0.25) is 4.79 Å². The van der Waals surface area contributed by atoms with Crippen LogP contribution in [0.2, 0.25) is 10.0 Å². The fourth-order valence-electron chi connectivity index (χ4n) is 1.66. The molecule has 0 fully saturated rings. The van der Waals surface area contributed by atoms with Gasteiger partial charge in [0.05, 0.1) is 10.0 Å². The molecule has 3 aromatic heterocycles. The van der Waals surface area contributed by atoms with Crippen molar-refractivity contribution >= 4 is 40.7 Å². The van der Waals surface area contributed by atoms with Crippen molar-refractivity contribution in [1.82, 2.24) is 24.6 Å². The maximum atomic E-state index is 12.1. The molecule has 9 heteroatoms. The summed E-state index contributed by atoms with van der Waals surface area (Å²) in [5.74, 6) is 0.0932. The number of halogens is 2. The van der Waals surface area contributed by atoms with Crippen LogP contribution in [0.1, 0.15) is 16.3 Å². The van der Waals surface area contributed by atoms with E-state index in [0.717, 1.165) is 5.69 Å². The maximum Gasteiger partial charge on any atom is 0.296 e. The van der Waals surface area contributed by atoms with Crippen molar-refractivity contribution in [3.05, 3.63) is 46.1 Å². The molecule has 0 aliphatic heterocycles. The SMILES string of the molecule is Cc1ccnc2nc(C(=O)Nc3cc(Cl)c(Cl)cn3)nn12. The van der Waals surface area contributed by atoms with Gasteiger partial charge in [0.15, 0.2) is 0 Å². The number of aryl methyl sites for hydroxylation is 1. The van der Waals surface area contributed by atoms with Gasteiger partial charge in [-0.1, -0.05) is 23.2 Å². The Bertz CT molecular complexity index is 847. The van der Waals surface area contributed by atoms with E-state index < -0.39 is 5.91 Å². The molecule has 0 unspecified atom stereocenters. The van der Waals surface area contributed by atoms with E-state index in [-0.39, 0.29) is 11.6 Å². The second-order valence-corrected chi connectivity index (χ2v) is 4.99. The summed E-state index contributed by atoms with van der Waals surface area (Å²) < 4.78 is 1.48. The van der Waals surface area contributed by atoms with Crippen LogP contribution in [0.15, 0.2) is 24.5 Å². The number of nitrogens with one attached hydrogen (secondary N) is 1. The Morgan fingerprint density at radius 3 is 2.81 bits per heavy atom. The van der Waals surface area contributed by atoms with Crippen LogP contribution in [0.4, 0.5) is 5.82 Å². The van der Waals surface area contributed by atoms with Gasteiger partial charge in [0.1, 0.15) is 5.82 Å². The molecule has 0 aliphatic carbocycles. The lowest BCUT2D eigenvalue weighted by molar-refractivity contribution is 0.101. The monoisotopic (exact) mass is 322 g/mol. The normalized spacial score (nSPS) is 10.8. The zero-order valence-electron chi connectivity index (χ0n) is 10.7. The Kier molecular flexibility index (Phi) is 3.44. The number of carbonyl (C=O) groups is 1. The summed E-state index contributed by atoms with van der Waals surface area (Å²) in [7, 11) is 0. The van der Waals surface area contributed by atoms with Crippen molar-refractivity contribution in [2.24, 2.45) is 0 Å². The smallest absolute Gasteiger partial charge is 0.296 e. The summed E-state index contributed by atoms with van der Waals surface area (Å²) >= 11 is 11.6. The second-order valence-electron chi connectivity index (χ2n) is 4.17. The van der Waals surface area contributed by atoms with E-state index in [2.05, 4.69) is 25.4 Å². The number of pyridine rings is 1. The Morgan fingerprint density at radius 1 is 1.29 bits per heavy atom. The van der Waals surface area contributed by atoms with Gasteiger partial charge in [0, 0.05) is 24.2 Å². The van der Waals surface area contributed by atoms with Crippen molar-refractivity contribution in [3.63, 3.8) is 0 Å². The molecular weight excluding hydrogens is 315 g/mol. The van der Waals surface area contributed by atoms with E-state index in [0.29, 0.717) is 15.8 Å². The molecule has 0 saturated heterocycles. The van der Waals surface area contributed by atoms with Crippen molar-refractivity contribution in [1.29, 1.82) is 0 Å². The van der Waals surface area contributed by atoms with Gasteiger partial charge in [-0.25, -0.2) is 14.5 Å². The fourth-order valence-corrected chi connectivity index (χ4v) is 1.91. The summed E-state index contributed by atoms with van der Waals surface area (Å²) in [4.78, 5) is 24.1. The highest BCUT2D eigenvalue weighted by molar-refractivity contribution is 6.42. The summed E-state index contributed by atoms with van der Waals surface area (Å²) in [6, 6.07) is 3.21. The number of fused-ring (bicyclic) bond motifs is 1. The number of hydrogen-bond donors (Lipinski definition) is 1. The van der Waals surface area contributed by atoms with Gasteiger partial charge in [-0.05, 0) is 13.0 Å². The van der Waals surface area contributed by atoms with Gasteiger partial charge in [0.25, 0.3) is 11.7 Å². The molecule has 1 N–H and O–H groups in total. The zero-order chi connectivity index (χ0) is 15.0. The lowest BCUT2D eigenvalue weighted by Crippen LogP contribution is -2.15. The molecule has 0 saturated carbocycles. The van der Waals surface area contributed by atoms with Crippen molar-refractivity contribution in [2.45, 2.75) is 6.92 Å². The van der Waals surface area contributed by atoms with E-state index >= 15 is 0 Å². The first-order chi connectivity index (χ1) is 10.0. The van der Waals surface area contributed by atoms with Crippen LogP contribution in [-0.2, 0) is 0 Å². The molecule has 0 bridgehead atoms. The number of nitrogens with zero attached hydrogens (tertiary/aromatic N) is 5. The summed E-state index contributed by atoms with van der Waals surface area (Å²) in [6.07, 6.45) is 2.95. The number of amides is 1. The van der Waals surface area contributed by atoms with E-state index in [1.165, 1.54) is 16.8 Å². The van der Waals surface area contributed by atoms with Crippen LogP contribution in [0.5, 0.6) is 0 Å². The Labute approximate surface area is 129 Å². The Balaban J connectivity index is 1.90. The molecule has 106 valence electrons. The molecule has 0 atom stereocenters. The lowest BCUT2D eigenvalue weighted by atomic mass is 10.4. The molecule has 0 spiro atoms. The number of carbonyl (C=O) groups excluding carboxylic acids is 1. The predicted molar refractivity (Wildman–Crippen MR) is 77.7 cm³/mol. The second kappa shape index (κ2) is 5.27. The molecule has 3 rings (SSSR count). The summed E-state index contributed by atoms with van der Waals surface area (Å²) in [5.41, 5.74) is 0.819. The van der Waals surface area contributed by atoms with E-state index in [9.17, 15) is 4.79 Å². The topological polar surface area (TPSA) is 85.1 Å². The number of aromatic nitrogens is 5. The van der Waals surface area contributed by atoms with Crippen LogP contribution >= 0.6 is 23.2 Å². The van der Waals surface area contributed by atoms with E-state index in [1.807, 2.05) is 6.92 Å². The standard InChI is InChI=1S/C12H8Cl2N6O/c1-6-2-3-15-12-18-10(19-20(6)12)11(21)17-9-4-7(13)8(14)5-16-9/h2-5H,1H3,(H,16,17,21). The molecule has 1 amide bonds. The quantitative estimate of drug-likeness (QED) is 0.783. The molecule has 3 heterocycles. The molecule has 0 aliphatic rings. The molecule has 3 aromatic rings. The zero-order valence-corrected chi connectivity index (χ0v) is 12.2. The fraction of sp³-hybridized carbons (Fsp3) is 0.0833. The molecule has 0 aromatic carbocycles. The minimum absolute atomic E-state index is 0.00956. The van der Waals surface area contributed by atoms with Crippen molar-refractivity contribution in [3.8, 4) is 0 Å². The highest BCUT2D eigenvalue weighted by atomic mass is 35.5. The highest BCUT2D eigenvalue weighted by Crippen LogP contribution is 2.22. The third-order valence-electron chi connectivity index (χ3n) is 2.68. The molecule has 7 nitrogen and oxygen atoms in total. The first kappa shape index (κ1) is 13.7. The average Bonchev–Trinajstić information content (AvgIpc) is 2.89. The number of hydrogen-bond acceptors (Lipinski definition) is 5. The van der Waals surface area contributed by atoms with Gasteiger partial charge in [-0.15, -0.1) is 5.10 Å². The highest BCUT2D eigenvalue weighted by Gasteiger charge is 2.15. The summed E-state index contributed by atoms with van der Waals surface area (Å²) in [6.45, 7) is 1.84. The molecule has 0 radical (unpaired) electrons. The average molecular weight is 323 g/mol. The minimum Gasteiger partial charge on any atom is -0.304 e. The lowest BCUT2D eigenvalue weighted by Gasteiger charge is -2.02. The minimum atomic E-state index is -0.509. The van der Waals surface area contributed by atoms with Crippen LogP contribution < -0.4 is 5.32 Å². The van der Waals surface area contributed by atoms with Crippen molar-refractivity contribution < 1.29 is 4.79 Å². The van der Waals surface area contributed by atoms with Gasteiger partial charge < -0.3 is 5.32 Å². The molecule has 21 heavy (non-hydrogen) atoms. The molecular formula is C12H8Cl2N6O. The van der Waals surface area contributed by atoms with Gasteiger partial charge in [-0.2, -0.15) is 4.98 Å². The first-order valence-electron chi connectivity index (χ1n) is 5.85.